The van der Waals surface area contributed by atoms with Crippen LogP contribution >= 0.6 is 0 Å². The Labute approximate surface area is 109 Å². The third-order valence-corrected chi connectivity index (χ3v) is 5.21. The molecule has 0 spiro atoms. The number of sulfonamides is 1. The lowest BCUT2D eigenvalue weighted by Crippen LogP contribution is -2.36. The molecule has 3 nitrogen and oxygen atoms in total. The average Bonchev–Trinajstić information content (AvgIpc) is 2.40. The Morgan fingerprint density at radius 2 is 1.94 bits per heavy atom. The Bertz CT molecular complexity index is 520. The van der Waals surface area contributed by atoms with Crippen LogP contribution in [0.3, 0.4) is 0 Å². The van der Waals surface area contributed by atoms with Crippen LogP contribution in [0.25, 0.3) is 5.57 Å². The van der Waals surface area contributed by atoms with Crippen molar-refractivity contribution >= 4 is 15.6 Å². The highest BCUT2D eigenvalue weighted by Gasteiger charge is 2.23. The van der Waals surface area contributed by atoms with E-state index in [0.29, 0.717) is 19.5 Å². The average molecular weight is 265 g/mol. The molecule has 2 rings (SSSR count). The summed E-state index contributed by atoms with van der Waals surface area (Å²) in [6.45, 7) is 3.00. The predicted molar refractivity (Wildman–Crippen MR) is 74.7 cm³/mol. The van der Waals surface area contributed by atoms with Crippen molar-refractivity contribution in [2.24, 2.45) is 0 Å². The molecule has 0 saturated heterocycles. The van der Waals surface area contributed by atoms with Gasteiger partial charge in [0.1, 0.15) is 0 Å². The molecular weight excluding hydrogens is 246 g/mol. The van der Waals surface area contributed by atoms with Crippen molar-refractivity contribution < 1.29 is 8.42 Å². The van der Waals surface area contributed by atoms with Crippen LogP contribution < -0.4 is 0 Å². The monoisotopic (exact) mass is 265 g/mol. The van der Waals surface area contributed by atoms with Gasteiger partial charge in [0.05, 0.1) is 5.75 Å². The Kier molecular flexibility index (Phi) is 4.19. The number of nitrogens with zero attached hydrogens (tertiary/aromatic N) is 1. The van der Waals surface area contributed by atoms with Gasteiger partial charge in [-0.1, -0.05) is 43.3 Å². The quantitative estimate of drug-likeness (QED) is 0.839. The molecule has 0 atom stereocenters. The van der Waals surface area contributed by atoms with Crippen molar-refractivity contribution in [3.05, 3.63) is 42.0 Å². The molecule has 1 aliphatic rings. The van der Waals surface area contributed by atoms with Crippen LogP contribution in [0, 0.1) is 0 Å². The minimum atomic E-state index is -3.05. The molecule has 1 aromatic rings. The minimum Gasteiger partial charge on any atom is -0.212 e. The molecular formula is C14H19NO2S. The number of hydrogen-bond donors (Lipinski definition) is 0. The highest BCUT2D eigenvalue weighted by Crippen LogP contribution is 2.23. The van der Waals surface area contributed by atoms with Crippen LogP contribution in [0.15, 0.2) is 36.4 Å². The fourth-order valence-electron chi connectivity index (χ4n) is 2.20. The van der Waals surface area contributed by atoms with E-state index in [0.717, 1.165) is 6.42 Å². The molecule has 0 saturated carbocycles. The molecule has 0 bridgehead atoms. The van der Waals surface area contributed by atoms with E-state index in [4.69, 9.17) is 0 Å². The normalized spacial score (nSPS) is 17.5. The molecule has 0 N–H and O–H groups in total. The Morgan fingerprint density at radius 3 is 2.50 bits per heavy atom. The van der Waals surface area contributed by atoms with Gasteiger partial charge in [0.25, 0.3) is 0 Å². The summed E-state index contributed by atoms with van der Waals surface area (Å²) in [5.74, 6) is 0.251. The number of benzene rings is 1. The maximum Gasteiger partial charge on any atom is 0.214 e. The van der Waals surface area contributed by atoms with Crippen LogP contribution in [0.2, 0.25) is 0 Å². The summed E-state index contributed by atoms with van der Waals surface area (Å²) in [6, 6.07) is 10.2. The second kappa shape index (κ2) is 5.67. The van der Waals surface area contributed by atoms with Gasteiger partial charge in [0.2, 0.25) is 10.0 Å². The standard InChI is InChI=1S/C14H19NO2S/c1-2-12-18(16,17)15-10-8-14(9-11-15)13-6-4-3-5-7-13/h3-8H,2,9-12H2,1H3. The van der Waals surface area contributed by atoms with Crippen LogP contribution in [0.1, 0.15) is 25.3 Å². The highest BCUT2D eigenvalue weighted by molar-refractivity contribution is 7.89. The van der Waals surface area contributed by atoms with Crippen molar-refractivity contribution in [3.63, 3.8) is 0 Å². The van der Waals surface area contributed by atoms with Gasteiger partial charge < -0.3 is 0 Å². The van der Waals surface area contributed by atoms with Gasteiger partial charge >= 0.3 is 0 Å². The summed E-state index contributed by atoms with van der Waals surface area (Å²) in [5.41, 5.74) is 2.45. The number of hydrogen-bond acceptors (Lipinski definition) is 2. The molecule has 1 aliphatic heterocycles. The summed E-state index contributed by atoms with van der Waals surface area (Å²) >= 11 is 0. The first-order valence-electron chi connectivity index (χ1n) is 6.36. The summed E-state index contributed by atoms with van der Waals surface area (Å²) < 4.78 is 25.4. The van der Waals surface area contributed by atoms with E-state index < -0.39 is 10.0 Å². The largest absolute Gasteiger partial charge is 0.214 e. The molecule has 4 heteroatoms. The number of rotatable bonds is 4. The zero-order valence-corrected chi connectivity index (χ0v) is 11.5. The molecule has 0 radical (unpaired) electrons. The van der Waals surface area contributed by atoms with Crippen molar-refractivity contribution in [1.29, 1.82) is 0 Å². The van der Waals surface area contributed by atoms with Gasteiger partial charge in [-0.3, -0.25) is 0 Å². The molecule has 98 valence electrons. The van der Waals surface area contributed by atoms with Gasteiger partial charge in [-0.2, -0.15) is 4.31 Å². The van der Waals surface area contributed by atoms with E-state index in [1.165, 1.54) is 11.1 Å². The molecule has 18 heavy (non-hydrogen) atoms. The second-order valence-electron chi connectivity index (χ2n) is 4.52. The third kappa shape index (κ3) is 3.00. The van der Waals surface area contributed by atoms with E-state index in [9.17, 15) is 8.42 Å². The molecule has 0 amide bonds. The van der Waals surface area contributed by atoms with Gasteiger partial charge in [-0.25, -0.2) is 8.42 Å². The van der Waals surface area contributed by atoms with Crippen LogP contribution in [0.5, 0.6) is 0 Å². The predicted octanol–water partition coefficient (Wildman–Crippen LogP) is 2.52. The lowest BCUT2D eigenvalue weighted by Gasteiger charge is -2.25. The van der Waals surface area contributed by atoms with Crippen LogP contribution in [-0.2, 0) is 10.0 Å². The fourth-order valence-corrected chi connectivity index (χ4v) is 3.65. The maximum atomic E-state index is 11.9. The highest BCUT2D eigenvalue weighted by atomic mass is 32.2. The molecule has 0 aliphatic carbocycles. The minimum absolute atomic E-state index is 0.251. The van der Waals surface area contributed by atoms with Crippen molar-refractivity contribution in [2.45, 2.75) is 19.8 Å². The molecule has 0 fully saturated rings. The van der Waals surface area contributed by atoms with E-state index in [2.05, 4.69) is 12.1 Å². The fraction of sp³-hybridized carbons (Fsp3) is 0.429. The third-order valence-electron chi connectivity index (χ3n) is 3.17. The van der Waals surface area contributed by atoms with Gasteiger partial charge in [0, 0.05) is 13.1 Å². The van der Waals surface area contributed by atoms with Crippen molar-refractivity contribution in [3.8, 4) is 0 Å². The lowest BCUT2D eigenvalue weighted by molar-refractivity contribution is 0.440. The van der Waals surface area contributed by atoms with Crippen LogP contribution in [0.4, 0.5) is 0 Å². The smallest absolute Gasteiger partial charge is 0.212 e. The SMILES string of the molecule is CCCS(=O)(=O)N1CC=C(c2ccccc2)CC1. The van der Waals surface area contributed by atoms with Crippen molar-refractivity contribution in [2.75, 3.05) is 18.8 Å². The van der Waals surface area contributed by atoms with E-state index >= 15 is 0 Å². The lowest BCUT2D eigenvalue weighted by atomic mass is 10.0. The first-order valence-corrected chi connectivity index (χ1v) is 7.96. The topological polar surface area (TPSA) is 37.4 Å². The van der Waals surface area contributed by atoms with Gasteiger partial charge in [0.15, 0.2) is 0 Å². The van der Waals surface area contributed by atoms with Crippen molar-refractivity contribution in [1.82, 2.24) is 4.31 Å². The Balaban J connectivity index is 2.09. The van der Waals surface area contributed by atoms with Crippen LogP contribution in [-0.4, -0.2) is 31.6 Å². The van der Waals surface area contributed by atoms with E-state index in [1.54, 1.807) is 4.31 Å². The van der Waals surface area contributed by atoms with Gasteiger partial charge in [-0.15, -0.1) is 0 Å². The molecule has 0 aromatic heterocycles. The summed E-state index contributed by atoms with van der Waals surface area (Å²) in [5, 5.41) is 0. The first kappa shape index (κ1) is 13.3. The van der Waals surface area contributed by atoms with Gasteiger partial charge in [-0.05, 0) is 24.0 Å². The van der Waals surface area contributed by atoms with E-state index in [-0.39, 0.29) is 5.75 Å². The molecule has 1 heterocycles. The summed E-state index contributed by atoms with van der Waals surface area (Å²) in [7, 11) is -3.05. The Morgan fingerprint density at radius 1 is 1.22 bits per heavy atom. The zero-order valence-electron chi connectivity index (χ0n) is 10.7. The molecule has 1 aromatic carbocycles. The molecule has 0 unspecified atom stereocenters. The second-order valence-corrected chi connectivity index (χ2v) is 6.61. The zero-order chi connectivity index (χ0) is 13.0. The summed E-state index contributed by atoms with van der Waals surface area (Å²) in [6.07, 6.45) is 3.51. The Hall–Kier alpha value is -1.13. The maximum absolute atomic E-state index is 11.9. The summed E-state index contributed by atoms with van der Waals surface area (Å²) in [4.78, 5) is 0. The van der Waals surface area contributed by atoms with E-state index in [1.807, 2.05) is 31.2 Å². The first-order chi connectivity index (χ1) is 8.63.